The summed E-state index contributed by atoms with van der Waals surface area (Å²) in [5, 5.41) is 0.650. The maximum Gasteiger partial charge on any atom is 0.326 e. The first-order valence-electron chi connectivity index (χ1n) is 10.4. The smallest absolute Gasteiger partial charge is 0.326 e. The molecule has 0 aliphatic carbocycles. The molecule has 0 unspecified atom stereocenters. The number of H-pyrrole nitrogens is 1. The number of fused-ring (bicyclic) bond motifs is 2. The Kier molecular flexibility index (Phi) is 5.16. The van der Waals surface area contributed by atoms with E-state index in [0.29, 0.717) is 24.7 Å². The molecule has 3 heterocycles. The molecule has 1 aromatic heterocycles. The number of ether oxygens (including phenoxy) is 1. The Morgan fingerprint density at radius 1 is 1.16 bits per heavy atom. The summed E-state index contributed by atoms with van der Waals surface area (Å²) in [6.07, 6.45) is 6.90. The molecule has 0 spiro atoms. The van der Waals surface area contributed by atoms with E-state index in [1.54, 1.807) is 12.1 Å². The third-order valence-electron chi connectivity index (χ3n) is 5.91. The lowest BCUT2D eigenvalue weighted by molar-refractivity contribution is -0.127. The van der Waals surface area contributed by atoms with Gasteiger partial charge in [0.25, 0.3) is 0 Å². The van der Waals surface area contributed by atoms with Gasteiger partial charge in [-0.1, -0.05) is 29.8 Å². The molecule has 6 nitrogen and oxygen atoms in total. The van der Waals surface area contributed by atoms with E-state index >= 15 is 0 Å². The molecular weight excluding hydrogens is 414 g/mol. The van der Waals surface area contributed by atoms with Gasteiger partial charge in [-0.05, 0) is 54.8 Å². The Morgan fingerprint density at radius 2 is 1.97 bits per heavy atom. The third kappa shape index (κ3) is 3.91. The van der Waals surface area contributed by atoms with Gasteiger partial charge in [-0.25, -0.2) is 4.79 Å². The van der Waals surface area contributed by atoms with Gasteiger partial charge >= 0.3 is 5.69 Å². The van der Waals surface area contributed by atoms with Crippen molar-refractivity contribution < 1.29 is 9.53 Å². The average Bonchev–Trinajstić information content (AvgIpc) is 3.13. The lowest BCUT2D eigenvalue weighted by atomic mass is 10.0. The molecule has 2 aliphatic heterocycles. The van der Waals surface area contributed by atoms with E-state index in [1.165, 1.54) is 0 Å². The fraction of sp³-hybridized carbons (Fsp3) is 0.250. The van der Waals surface area contributed by atoms with E-state index in [0.717, 1.165) is 40.8 Å². The minimum atomic E-state index is -0.0875. The molecule has 3 aromatic rings. The van der Waals surface area contributed by atoms with Crippen LogP contribution in [0.1, 0.15) is 24.4 Å². The second-order valence-corrected chi connectivity index (χ2v) is 8.33. The number of aromatic nitrogens is 2. The molecule has 0 saturated carbocycles. The van der Waals surface area contributed by atoms with Crippen LogP contribution in [0.2, 0.25) is 5.02 Å². The Labute approximate surface area is 184 Å². The van der Waals surface area contributed by atoms with Gasteiger partial charge in [0.2, 0.25) is 5.91 Å². The molecule has 1 saturated heterocycles. The van der Waals surface area contributed by atoms with Crippen LogP contribution in [-0.2, 0) is 4.79 Å². The maximum atomic E-state index is 12.7. The normalized spacial score (nSPS) is 16.9. The number of rotatable bonds is 3. The molecule has 7 heteroatoms. The van der Waals surface area contributed by atoms with Crippen LogP contribution in [0.5, 0.6) is 5.75 Å². The summed E-state index contributed by atoms with van der Waals surface area (Å²) in [4.78, 5) is 29.9. The monoisotopic (exact) mass is 435 g/mol. The summed E-state index contributed by atoms with van der Waals surface area (Å²) < 4.78 is 7.57. The van der Waals surface area contributed by atoms with Crippen LogP contribution < -0.4 is 10.4 Å². The van der Waals surface area contributed by atoms with Crippen molar-refractivity contribution in [3.8, 4) is 5.75 Å². The van der Waals surface area contributed by atoms with E-state index in [2.05, 4.69) is 4.98 Å². The van der Waals surface area contributed by atoms with Crippen molar-refractivity contribution in [1.82, 2.24) is 14.5 Å². The fourth-order valence-corrected chi connectivity index (χ4v) is 4.51. The standard InChI is InChI=1S/C24H22ClN3O3/c25-18-6-7-22-17(14-18)13-16(15-31-22)5-8-23(29)27-11-9-19(10-12-27)28-21-4-2-1-3-20(21)26-24(28)30/h1-8,13-14,19H,9-12,15H2,(H,26,30)/b8-5-. The molecule has 31 heavy (non-hydrogen) atoms. The number of halogens is 1. The summed E-state index contributed by atoms with van der Waals surface area (Å²) in [5.74, 6) is 0.769. The highest BCUT2D eigenvalue weighted by atomic mass is 35.5. The summed E-state index contributed by atoms with van der Waals surface area (Å²) in [7, 11) is 0. The fourth-order valence-electron chi connectivity index (χ4n) is 4.33. The summed E-state index contributed by atoms with van der Waals surface area (Å²) in [5.41, 5.74) is 3.51. The lowest BCUT2D eigenvalue weighted by Gasteiger charge is -2.32. The van der Waals surface area contributed by atoms with E-state index in [9.17, 15) is 9.59 Å². The SMILES string of the molecule is O=C(/C=C\C1=Cc2cc(Cl)ccc2OC1)N1CCC(n2c(=O)[nH]c3ccccc32)CC1. The van der Waals surface area contributed by atoms with Gasteiger partial charge in [0.15, 0.2) is 0 Å². The molecule has 0 atom stereocenters. The van der Waals surface area contributed by atoms with Crippen LogP contribution in [0.3, 0.4) is 0 Å². The van der Waals surface area contributed by atoms with Crippen LogP contribution in [0.25, 0.3) is 17.1 Å². The predicted octanol–water partition coefficient (Wildman–Crippen LogP) is 4.18. The Bertz CT molecular complexity index is 1260. The number of imidazole rings is 1. The van der Waals surface area contributed by atoms with E-state index in [-0.39, 0.29) is 17.6 Å². The zero-order valence-corrected chi connectivity index (χ0v) is 17.6. The van der Waals surface area contributed by atoms with E-state index < -0.39 is 0 Å². The number of nitrogens with zero attached hydrogens (tertiary/aromatic N) is 2. The zero-order chi connectivity index (χ0) is 21.4. The number of carbonyl (C=O) groups is 1. The number of likely N-dealkylation sites (tertiary alicyclic amines) is 1. The van der Waals surface area contributed by atoms with Crippen LogP contribution in [-0.4, -0.2) is 40.1 Å². The van der Waals surface area contributed by atoms with Crippen molar-refractivity contribution in [3.63, 3.8) is 0 Å². The van der Waals surface area contributed by atoms with Crippen molar-refractivity contribution in [3.05, 3.63) is 81.3 Å². The van der Waals surface area contributed by atoms with Gasteiger partial charge in [0.1, 0.15) is 12.4 Å². The highest BCUT2D eigenvalue weighted by molar-refractivity contribution is 6.30. The molecule has 1 amide bonds. The van der Waals surface area contributed by atoms with Gasteiger partial charge in [-0.2, -0.15) is 0 Å². The van der Waals surface area contributed by atoms with Crippen molar-refractivity contribution in [2.45, 2.75) is 18.9 Å². The first-order chi connectivity index (χ1) is 15.1. The first kappa shape index (κ1) is 19.7. The molecule has 2 aliphatic rings. The van der Waals surface area contributed by atoms with Crippen molar-refractivity contribution in [2.24, 2.45) is 0 Å². The highest BCUT2D eigenvalue weighted by Gasteiger charge is 2.25. The average molecular weight is 436 g/mol. The largest absolute Gasteiger partial charge is 0.488 e. The van der Waals surface area contributed by atoms with Crippen LogP contribution >= 0.6 is 11.6 Å². The van der Waals surface area contributed by atoms with Gasteiger partial charge in [0.05, 0.1) is 11.0 Å². The number of nitrogens with one attached hydrogen (secondary N) is 1. The molecular formula is C24H22ClN3O3. The van der Waals surface area contributed by atoms with Gasteiger partial charge in [-0.15, -0.1) is 0 Å². The number of amides is 1. The number of aromatic amines is 1. The van der Waals surface area contributed by atoms with Crippen LogP contribution in [0, 0.1) is 0 Å². The van der Waals surface area contributed by atoms with Gasteiger partial charge in [-0.3, -0.25) is 9.36 Å². The van der Waals surface area contributed by atoms with Crippen molar-refractivity contribution in [1.29, 1.82) is 0 Å². The Morgan fingerprint density at radius 3 is 2.81 bits per heavy atom. The quantitative estimate of drug-likeness (QED) is 0.627. The predicted molar refractivity (Wildman–Crippen MR) is 121 cm³/mol. The number of benzene rings is 2. The van der Waals surface area contributed by atoms with Crippen LogP contribution in [0.15, 0.2) is 65.0 Å². The van der Waals surface area contributed by atoms with Gasteiger partial charge < -0.3 is 14.6 Å². The highest BCUT2D eigenvalue weighted by Crippen LogP contribution is 2.29. The number of hydrogen-bond donors (Lipinski definition) is 1. The number of hydrogen-bond acceptors (Lipinski definition) is 3. The Balaban J connectivity index is 1.24. The minimum absolute atomic E-state index is 0.0254. The second-order valence-electron chi connectivity index (χ2n) is 7.90. The molecule has 0 radical (unpaired) electrons. The minimum Gasteiger partial charge on any atom is -0.488 e. The van der Waals surface area contributed by atoms with Crippen molar-refractivity contribution >= 4 is 34.6 Å². The number of piperidine rings is 1. The number of para-hydroxylation sites is 2. The van der Waals surface area contributed by atoms with Crippen molar-refractivity contribution in [2.75, 3.05) is 19.7 Å². The third-order valence-corrected chi connectivity index (χ3v) is 6.15. The summed E-state index contributed by atoms with van der Waals surface area (Å²) in [6, 6.07) is 13.3. The summed E-state index contributed by atoms with van der Waals surface area (Å²) >= 11 is 6.06. The Hall–Kier alpha value is -3.25. The molecule has 1 N–H and O–H groups in total. The van der Waals surface area contributed by atoms with E-state index in [4.69, 9.17) is 16.3 Å². The molecule has 2 aromatic carbocycles. The summed E-state index contributed by atoms with van der Waals surface area (Å²) in [6.45, 7) is 1.66. The lowest BCUT2D eigenvalue weighted by Crippen LogP contribution is -2.39. The molecule has 1 fully saturated rings. The molecule has 5 rings (SSSR count). The first-order valence-corrected chi connectivity index (χ1v) is 10.8. The van der Waals surface area contributed by atoms with E-state index in [1.807, 2.05) is 58.0 Å². The second kappa shape index (κ2) is 8.12. The number of carbonyl (C=O) groups excluding carboxylic acids is 1. The topological polar surface area (TPSA) is 67.3 Å². The van der Waals surface area contributed by atoms with Crippen LogP contribution in [0.4, 0.5) is 0 Å². The molecule has 158 valence electrons. The maximum absolute atomic E-state index is 12.7. The molecule has 0 bridgehead atoms. The van der Waals surface area contributed by atoms with Gasteiger partial charge in [0, 0.05) is 35.8 Å². The zero-order valence-electron chi connectivity index (χ0n) is 16.9.